The van der Waals surface area contributed by atoms with E-state index >= 15 is 0 Å². The lowest BCUT2D eigenvalue weighted by Crippen LogP contribution is -1.92. The van der Waals surface area contributed by atoms with E-state index in [1.807, 2.05) is 0 Å². The van der Waals surface area contributed by atoms with E-state index in [1.165, 1.54) is 0 Å². The second-order valence-electron chi connectivity index (χ2n) is 5.35. The SMILES string of the molecule is CC=CCCC=CCCC=CCCC=CCCCCC(=O)O. The van der Waals surface area contributed by atoms with E-state index in [4.69, 9.17) is 5.11 Å². The number of hydrogen-bond acceptors (Lipinski definition) is 1. The molecule has 0 bridgehead atoms. The van der Waals surface area contributed by atoms with Crippen molar-refractivity contribution >= 4 is 5.97 Å². The Morgan fingerprint density at radius 1 is 0.682 bits per heavy atom. The van der Waals surface area contributed by atoms with E-state index in [0.29, 0.717) is 6.42 Å². The third-order valence-corrected chi connectivity index (χ3v) is 3.25. The summed E-state index contributed by atoms with van der Waals surface area (Å²) in [5.41, 5.74) is 0. The molecule has 0 aliphatic carbocycles. The molecule has 0 fully saturated rings. The van der Waals surface area contributed by atoms with Crippen LogP contribution < -0.4 is 0 Å². The van der Waals surface area contributed by atoms with Crippen molar-refractivity contribution in [2.75, 3.05) is 0 Å². The van der Waals surface area contributed by atoms with Crippen molar-refractivity contribution < 1.29 is 9.90 Å². The Morgan fingerprint density at radius 3 is 1.50 bits per heavy atom. The topological polar surface area (TPSA) is 37.3 Å². The van der Waals surface area contributed by atoms with Crippen LogP contribution in [0.25, 0.3) is 0 Å². The molecule has 0 radical (unpaired) electrons. The number of carboxylic acid groups (broad SMARTS) is 1. The largest absolute Gasteiger partial charge is 0.481 e. The molecule has 1 N–H and O–H groups in total. The zero-order chi connectivity index (χ0) is 16.3. The van der Waals surface area contributed by atoms with Crippen LogP contribution >= 0.6 is 0 Å². The summed E-state index contributed by atoms with van der Waals surface area (Å²) < 4.78 is 0. The van der Waals surface area contributed by atoms with Gasteiger partial charge in [0.25, 0.3) is 0 Å². The van der Waals surface area contributed by atoms with Crippen molar-refractivity contribution in [1.29, 1.82) is 0 Å². The Hall–Kier alpha value is -1.57. The molecular weight excluding hydrogens is 272 g/mol. The van der Waals surface area contributed by atoms with Crippen LogP contribution in [0.15, 0.2) is 48.6 Å². The number of aliphatic carboxylic acids is 1. The highest BCUT2D eigenvalue weighted by Gasteiger charge is 1.93. The van der Waals surface area contributed by atoms with Crippen molar-refractivity contribution in [2.24, 2.45) is 0 Å². The summed E-state index contributed by atoms with van der Waals surface area (Å²) in [6, 6.07) is 0. The Labute approximate surface area is 136 Å². The van der Waals surface area contributed by atoms with Crippen LogP contribution in [-0.4, -0.2) is 11.1 Å². The number of carbonyl (C=O) groups is 1. The van der Waals surface area contributed by atoms with Gasteiger partial charge in [0.05, 0.1) is 0 Å². The molecule has 0 aliphatic heterocycles. The van der Waals surface area contributed by atoms with Crippen LogP contribution in [0.1, 0.15) is 71.1 Å². The lowest BCUT2D eigenvalue weighted by molar-refractivity contribution is -0.137. The second kappa shape index (κ2) is 17.5. The van der Waals surface area contributed by atoms with Gasteiger partial charge >= 0.3 is 5.97 Å². The van der Waals surface area contributed by atoms with Gasteiger partial charge in [-0.05, 0) is 64.7 Å². The monoisotopic (exact) mass is 304 g/mol. The van der Waals surface area contributed by atoms with Gasteiger partial charge in [-0.2, -0.15) is 0 Å². The molecular formula is C20H32O2. The Balaban J connectivity index is 3.31. The van der Waals surface area contributed by atoms with Crippen molar-refractivity contribution in [1.82, 2.24) is 0 Å². The van der Waals surface area contributed by atoms with E-state index in [1.54, 1.807) is 0 Å². The van der Waals surface area contributed by atoms with Gasteiger partial charge in [-0.15, -0.1) is 0 Å². The van der Waals surface area contributed by atoms with Gasteiger partial charge in [0.15, 0.2) is 0 Å². The summed E-state index contributed by atoms with van der Waals surface area (Å²) in [6.45, 7) is 2.06. The normalized spacial score (nSPS) is 12.4. The maximum atomic E-state index is 10.3. The molecule has 0 rings (SSSR count). The molecule has 124 valence electrons. The van der Waals surface area contributed by atoms with Crippen LogP contribution in [-0.2, 0) is 4.79 Å². The maximum absolute atomic E-state index is 10.3. The summed E-state index contributed by atoms with van der Waals surface area (Å²) in [4.78, 5) is 10.3. The standard InChI is InChI=1S/C20H32O2/c1-2-3-4-5-6-7-8-9-10-11-12-13-14-15-16-17-18-19-20(21)22/h2-3,6-7,10-11,14-15H,4-5,8-9,12-13,16-19H2,1H3,(H,21,22). The highest BCUT2D eigenvalue weighted by Crippen LogP contribution is 2.03. The molecule has 0 aromatic heterocycles. The highest BCUT2D eigenvalue weighted by atomic mass is 16.4. The molecule has 2 nitrogen and oxygen atoms in total. The summed E-state index contributed by atoms with van der Waals surface area (Å²) in [7, 11) is 0. The minimum absolute atomic E-state index is 0.292. The van der Waals surface area contributed by atoms with Crippen LogP contribution in [0.4, 0.5) is 0 Å². The summed E-state index contributed by atoms with van der Waals surface area (Å²) in [6.07, 6.45) is 27.5. The molecule has 0 aliphatic rings. The Bertz CT molecular complexity index is 362. The van der Waals surface area contributed by atoms with E-state index in [-0.39, 0.29) is 0 Å². The van der Waals surface area contributed by atoms with E-state index < -0.39 is 5.97 Å². The Morgan fingerprint density at radius 2 is 1.09 bits per heavy atom. The Kier molecular flexibility index (Phi) is 16.2. The number of hydrogen-bond donors (Lipinski definition) is 1. The quantitative estimate of drug-likeness (QED) is 0.305. The first kappa shape index (κ1) is 20.4. The molecule has 0 heterocycles. The minimum atomic E-state index is -0.693. The van der Waals surface area contributed by atoms with Gasteiger partial charge in [0.1, 0.15) is 0 Å². The van der Waals surface area contributed by atoms with E-state index in [2.05, 4.69) is 55.5 Å². The van der Waals surface area contributed by atoms with Gasteiger partial charge in [0.2, 0.25) is 0 Å². The average Bonchev–Trinajstić information content (AvgIpc) is 2.50. The molecule has 0 unspecified atom stereocenters. The molecule has 0 aromatic carbocycles. The number of carboxylic acids is 1. The van der Waals surface area contributed by atoms with Crippen molar-refractivity contribution in [3.63, 3.8) is 0 Å². The molecule has 0 saturated carbocycles. The summed E-state index contributed by atoms with van der Waals surface area (Å²) in [5, 5.41) is 8.51. The second-order valence-corrected chi connectivity index (χ2v) is 5.35. The van der Waals surface area contributed by atoms with Gasteiger partial charge in [0, 0.05) is 6.42 Å². The third-order valence-electron chi connectivity index (χ3n) is 3.25. The van der Waals surface area contributed by atoms with Crippen LogP contribution in [0.3, 0.4) is 0 Å². The zero-order valence-electron chi connectivity index (χ0n) is 14.0. The van der Waals surface area contributed by atoms with Crippen LogP contribution in [0.5, 0.6) is 0 Å². The van der Waals surface area contributed by atoms with Gasteiger partial charge in [-0.1, -0.05) is 48.6 Å². The fourth-order valence-electron chi connectivity index (χ4n) is 1.99. The third kappa shape index (κ3) is 18.4. The maximum Gasteiger partial charge on any atom is 0.303 e. The highest BCUT2D eigenvalue weighted by molar-refractivity contribution is 5.66. The van der Waals surface area contributed by atoms with Gasteiger partial charge in [-0.3, -0.25) is 4.79 Å². The molecule has 0 amide bonds. The van der Waals surface area contributed by atoms with Gasteiger partial charge in [-0.25, -0.2) is 0 Å². The lowest BCUT2D eigenvalue weighted by atomic mass is 10.1. The van der Waals surface area contributed by atoms with Crippen molar-refractivity contribution in [3.05, 3.63) is 48.6 Å². The number of rotatable bonds is 14. The molecule has 0 atom stereocenters. The first-order valence-corrected chi connectivity index (χ1v) is 8.55. The first-order chi connectivity index (χ1) is 10.8. The molecule has 0 aromatic rings. The summed E-state index contributed by atoms with van der Waals surface area (Å²) in [5.74, 6) is -0.693. The van der Waals surface area contributed by atoms with Crippen molar-refractivity contribution in [3.8, 4) is 0 Å². The van der Waals surface area contributed by atoms with Crippen molar-refractivity contribution in [2.45, 2.75) is 71.1 Å². The predicted octanol–water partition coefficient (Wildman–Crippen LogP) is 6.22. The van der Waals surface area contributed by atoms with Gasteiger partial charge < -0.3 is 5.11 Å². The molecule has 22 heavy (non-hydrogen) atoms. The van der Waals surface area contributed by atoms with E-state index in [0.717, 1.165) is 57.8 Å². The minimum Gasteiger partial charge on any atom is -0.481 e. The predicted molar refractivity (Wildman–Crippen MR) is 96.0 cm³/mol. The molecule has 0 spiro atoms. The molecule has 2 heteroatoms. The average molecular weight is 304 g/mol. The summed E-state index contributed by atoms with van der Waals surface area (Å²) >= 11 is 0. The van der Waals surface area contributed by atoms with E-state index in [9.17, 15) is 4.79 Å². The van der Waals surface area contributed by atoms with Crippen LogP contribution in [0, 0.1) is 0 Å². The molecule has 0 saturated heterocycles. The lowest BCUT2D eigenvalue weighted by Gasteiger charge is -1.93. The number of unbranched alkanes of at least 4 members (excludes halogenated alkanes) is 5. The first-order valence-electron chi connectivity index (χ1n) is 8.55. The smallest absolute Gasteiger partial charge is 0.303 e. The van der Waals surface area contributed by atoms with Crippen LogP contribution in [0.2, 0.25) is 0 Å². The fraction of sp³-hybridized carbons (Fsp3) is 0.550. The number of allylic oxidation sites excluding steroid dienone is 8. The zero-order valence-corrected chi connectivity index (χ0v) is 14.0. The fourth-order valence-corrected chi connectivity index (χ4v) is 1.99.